The normalized spacial score (nSPS) is 13.6. The first-order chi connectivity index (χ1) is 12.1. The van der Waals surface area contributed by atoms with Crippen LogP contribution in [0.25, 0.3) is 11.2 Å². The lowest BCUT2D eigenvalue weighted by atomic mass is 10.2. The number of nitrogens with zero attached hydrogens (tertiary/aromatic N) is 3. The lowest BCUT2D eigenvalue weighted by Gasteiger charge is -2.28. The summed E-state index contributed by atoms with van der Waals surface area (Å²) >= 11 is 1.09. The average Bonchev–Trinajstić information content (AvgIpc) is 3.08. The van der Waals surface area contributed by atoms with Crippen molar-refractivity contribution >= 4 is 46.1 Å². The highest BCUT2D eigenvalue weighted by Crippen LogP contribution is 2.29. The minimum atomic E-state index is -0.347. The van der Waals surface area contributed by atoms with E-state index in [1.807, 2.05) is 0 Å². The third kappa shape index (κ3) is 2.87. The summed E-state index contributed by atoms with van der Waals surface area (Å²) < 4.78 is 0. The molecule has 4 rings (SSSR count). The number of H-pyrrole nitrogens is 2. The summed E-state index contributed by atoms with van der Waals surface area (Å²) in [5.74, 6) is -0.473. The van der Waals surface area contributed by atoms with Crippen LogP contribution in [0.5, 0.6) is 0 Å². The number of rotatable bonds is 3. The monoisotopic (exact) mass is 356 g/mol. The van der Waals surface area contributed by atoms with Crippen molar-refractivity contribution in [2.24, 2.45) is 0 Å². The molecule has 0 fully saturated rings. The Morgan fingerprint density at radius 1 is 1.28 bits per heavy atom. The maximum atomic E-state index is 12.6. The number of aromatic nitrogens is 4. The number of para-hydroxylation sites is 2. The number of benzene rings is 1. The summed E-state index contributed by atoms with van der Waals surface area (Å²) in [7, 11) is 0. The van der Waals surface area contributed by atoms with E-state index in [9.17, 15) is 14.4 Å². The lowest BCUT2D eigenvalue weighted by Crippen LogP contribution is -2.43. The number of thioether (sulfide) groups is 1. The lowest BCUT2D eigenvalue weighted by molar-refractivity contribution is -0.120. The number of hydrogen-bond donors (Lipinski definition) is 3. The number of amides is 2. The molecule has 3 aromatic rings. The Hall–Kier alpha value is -3.14. The van der Waals surface area contributed by atoms with Gasteiger partial charge in [0.1, 0.15) is 6.54 Å². The number of anilines is 2. The van der Waals surface area contributed by atoms with Crippen LogP contribution < -0.4 is 15.8 Å². The Morgan fingerprint density at radius 2 is 2.12 bits per heavy atom. The molecule has 0 aliphatic carbocycles. The van der Waals surface area contributed by atoms with Crippen LogP contribution in [0.4, 0.5) is 11.4 Å². The fourth-order valence-electron chi connectivity index (χ4n) is 2.55. The number of fused-ring (bicyclic) bond motifs is 2. The van der Waals surface area contributed by atoms with E-state index in [1.165, 1.54) is 11.2 Å². The van der Waals surface area contributed by atoms with Crippen LogP contribution in [0.15, 0.2) is 40.5 Å². The maximum absolute atomic E-state index is 12.6. The molecule has 126 valence electrons. The number of imidazole rings is 1. The quantitative estimate of drug-likeness (QED) is 0.469. The molecule has 0 bridgehead atoms. The second-order valence-electron chi connectivity index (χ2n) is 5.31. The van der Waals surface area contributed by atoms with Gasteiger partial charge in [-0.2, -0.15) is 0 Å². The van der Waals surface area contributed by atoms with Gasteiger partial charge in [-0.05, 0) is 12.1 Å². The molecule has 0 spiro atoms. The molecule has 25 heavy (non-hydrogen) atoms. The summed E-state index contributed by atoms with van der Waals surface area (Å²) in [5.41, 5.74) is 1.48. The van der Waals surface area contributed by atoms with Crippen molar-refractivity contribution in [3.8, 4) is 0 Å². The molecule has 0 radical (unpaired) electrons. The van der Waals surface area contributed by atoms with Gasteiger partial charge in [-0.25, -0.2) is 9.97 Å². The highest BCUT2D eigenvalue weighted by Gasteiger charge is 2.26. The van der Waals surface area contributed by atoms with Crippen LogP contribution in [0.1, 0.15) is 0 Å². The molecule has 3 N–H and O–H groups in total. The molecule has 1 aliphatic rings. The van der Waals surface area contributed by atoms with Crippen LogP contribution in [-0.4, -0.2) is 44.0 Å². The molecular formula is C15H12N6O3S. The van der Waals surface area contributed by atoms with Crippen molar-refractivity contribution in [1.29, 1.82) is 0 Å². The summed E-state index contributed by atoms with van der Waals surface area (Å²) in [6.07, 6.45) is 1.38. The van der Waals surface area contributed by atoms with Crippen LogP contribution in [-0.2, 0) is 9.59 Å². The Labute approximate surface area is 144 Å². The van der Waals surface area contributed by atoms with E-state index in [0.717, 1.165) is 11.8 Å². The Kier molecular flexibility index (Phi) is 3.73. The zero-order chi connectivity index (χ0) is 17.4. The molecule has 0 saturated carbocycles. The highest BCUT2D eigenvalue weighted by molar-refractivity contribution is 7.99. The third-order valence-corrected chi connectivity index (χ3v) is 4.54. The van der Waals surface area contributed by atoms with Gasteiger partial charge in [0.25, 0.3) is 5.56 Å². The molecule has 9 nitrogen and oxygen atoms in total. The Bertz CT molecular complexity index is 1040. The van der Waals surface area contributed by atoms with Crippen molar-refractivity contribution in [2.45, 2.75) is 5.16 Å². The predicted octanol–water partition coefficient (Wildman–Crippen LogP) is 0.724. The van der Waals surface area contributed by atoms with Gasteiger partial charge in [0, 0.05) is 0 Å². The van der Waals surface area contributed by atoms with Crippen molar-refractivity contribution < 1.29 is 9.59 Å². The van der Waals surface area contributed by atoms with Crippen LogP contribution in [0.3, 0.4) is 0 Å². The van der Waals surface area contributed by atoms with E-state index in [1.54, 1.807) is 24.3 Å². The van der Waals surface area contributed by atoms with Gasteiger partial charge in [-0.15, -0.1) is 0 Å². The first-order valence-corrected chi connectivity index (χ1v) is 8.36. The van der Waals surface area contributed by atoms with Gasteiger partial charge in [-0.1, -0.05) is 23.9 Å². The Balaban J connectivity index is 1.54. The minimum Gasteiger partial charge on any atom is -0.339 e. The summed E-state index contributed by atoms with van der Waals surface area (Å²) in [5, 5.41) is 3.03. The topological polar surface area (TPSA) is 124 Å². The zero-order valence-electron chi connectivity index (χ0n) is 12.8. The van der Waals surface area contributed by atoms with Gasteiger partial charge in [0.2, 0.25) is 11.8 Å². The first kappa shape index (κ1) is 15.4. The molecule has 1 aliphatic heterocycles. The average molecular weight is 356 g/mol. The molecule has 0 unspecified atom stereocenters. The fourth-order valence-corrected chi connectivity index (χ4v) is 3.29. The van der Waals surface area contributed by atoms with Crippen molar-refractivity contribution in [2.75, 3.05) is 22.5 Å². The predicted molar refractivity (Wildman–Crippen MR) is 92.7 cm³/mol. The minimum absolute atomic E-state index is 0.0283. The second kappa shape index (κ2) is 6.06. The number of hydrogen-bond acceptors (Lipinski definition) is 6. The van der Waals surface area contributed by atoms with E-state index in [4.69, 9.17) is 0 Å². The Morgan fingerprint density at radius 3 is 3.00 bits per heavy atom. The number of aromatic amines is 2. The fraction of sp³-hybridized carbons (Fsp3) is 0.133. The standard InChI is InChI=1S/C15H12N6O3S/c22-10-5-21(9-4-2-1-3-8(9)18-10)11(23)6-25-15-19-13-12(14(24)20-15)16-7-17-13/h1-4,7H,5-6H2,(H,18,22)(H2,16,17,19,20,24). The molecular weight excluding hydrogens is 344 g/mol. The van der Waals surface area contributed by atoms with Crippen LogP contribution in [0, 0.1) is 0 Å². The molecule has 0 saturated heterocycles. The molecule has 0 atom stereocenters. The summed E-state index contributed by atoms with van der Waals surface area (Å²) in [4.78, 5) is 51.1. The molecule has 10 heteroatoms. The number of carbonyl (C=O) groups is 2. The number of nitrogens with one attached hydrogen (secondary N) is 3. The highest BCUT2D eigenvalue weighted by atomic mass is 32.2. The van der Waals surface area contributed by atoms with Gasteiger partial charge in [-0.3, -0.25) is 19.4 Å². The molecule has 2 amide bonds. The largest absolute Gasteiger partial charge is 0.339 e. The molecule has 1 aromatic carbocycles. The van der Waals surface area contributed by atoms with Crippen molar-refractivity contribution in [3.05, 3.63) is 40.9 Å². The number of carbonyl (C=O) groups excluding carboxylic acids is 2. The molecule has 2 aromatic heterocycles. The van der Waals surface area contributed by atoms with Gasteiger partial charge < -0.3 is 15.2 Å². The third-order valence-electron chi connectivity index (χ3n) is 3.68. The smallest absolute Gasteiger partial charge is 0.277 e. The summed E-state index contributed by atoms with van der Waals surface area (Å²) in [6.45, 7) is -0.0429. The van der Waals surface area contributed by atoms with E-state index in [-0.39, 0.29) is 35.2 Å². The van der Waals surface area contributed by atoms with Gasteiger partial charge in [0.15, 0.2) is 16.3 Å². The summed E-state index contributed by atoms with van der Waals surface area (Å²) in [6, 6.07) is 7.10. The molecule has 3 heterocycles. The SMILES string of the molecule is O=C1CN(C(=O)CSc2nc3nc[nH]c3c(=O)[nH]2)c2ccccc2N1. The van der Waals surface area contributed by atoms with E-state index in [2.05, 4.69) is 25.3 Å². The van der Waals surface area contributed by atoms with Crippen molar-refractivity contribution in [3.63, 3.8) is 0 Å². The van der Waals surface area contributed by atoms with Crippen LogP contribution in [0.2, 0.25) is 0 Å². The first-order valence-electron chi connectivity index (χ1n) is 7.37. The van der Waals surface area contributed by atoms with Crippen molar-refractivity contribution in [1.82, 2.24) is 19.9 Å². The maximum Gasteiger partial charge on any atom is 0.277 e. The second-order valence-corrected chi connectivity index (χ2v) is 6.27. The van der Waals surface area contributed by atoms with E-state index in [0.29, 0.717) is 22.2 Å². The van der Waals surface area contributed by atoms with Gasteiger partial charge >= 0.3 is 0 Å². The van der Waals surface area contributed by atoms with Crippen LogP contribution >= 0.6 is 11.8 Å². The van der Waals surface area contributed by atoms with E-state index < -0.39 is 0 Å². The van der Waals surface area contributed by atoms with Gasteiger partial charge in [0.05, 0.1) is 23.5 Å². The zero-order valence-corrected chi connectivity index (χ0v) is 13.6. The van der Waals surface area contributed by atoms with E-state index >= 15 is 0 Å².